The minimum atomic E-state index is -1.12. The van der Waals surface area contributed by atoms with Crippen molar-refractivity contribution in [1.29, 1.82) is 0 Å². The lowest BCUT2D eigenvalue weighted by Gasteiger charge is -1.86. The smallest absolute Gasteiger partial charge is 0.355 e. The van der Waals surface area contributed by atoms with Gasteiger partial charge in [-0.25, -0.2) is 4.79 Å². The van der Waals surface area contributed by atoms with Gasteiger partial charge in [-0.15, -0.1) is 0 Å². The summed E-state index contributed by atoms with van der Waals surface area (Å²) in [5.74, 6) is 3.66. The van der Waals surface area contributed by atoms with Crippen molar-refractivity contribution in [2.45, 2.75) is 0 Å². The highest BCUT2D eigenvalue weighted by Gasteiger charge is 2.09. The largest absolute Gasteiger partial charge is 0.476 e. The van der Waals surface area contributed by atoms with Crippen molar-refractivity contribution in [1.82, 2.24) is 10.2 Å². The molecule has 1 heterocycles. The van der Waals surface area contributed by atoms with Crippen molar-refractivity contribution in [3.63, 3.8) is 0 Å². The Hall–Kier alpha value is -1.80. The Kier molecular flexibility index (Phi) is 2.46. The number of nitrogens with one attached hydrogen (secondary N) is 1. The van der Waals surface area contributed by atoms with Crippen molar-refractivity contribution >= 4 is 5.97 Å². The summed E-state index contributed by atoms with van der Waals surface area (Å²) in [4.78, 5) is 10.4. The molecule has 0 saturated heterocycles. The topological polar surface area (TPSA) is 86.2 Å². The predicted octanol–water partition coefficient (Wildman–Crippen LogP) is -0.548. The number of H-pyrrole nitrogens is 1. The van der Waals surface area contributed by atoms with Crippen molar-refractivity contribution in [2.75, 3.05) is 6.61 Å². The van der Waals surface area contributed by atoms with Crippen LogP contribution in [0.1, 0.15) is 16.1 Å². The highest BCUT2D eigenvalue weighted by molar-refractivity contribution is 5.88. The fraction of sp³-hybridized carbons (Fsp3) is 0.143. The van der Waals surface area contributed by atoms with E-state index in [2.05, 4.69) is 22.0 Å². The molecule has 0 fully saturated rings. The van der Waals surface area contributed by atoms with Gasteiger partial charge in [-0.3, -0.25) is 5.10 Å². The number of aromatic carboxylic acids is 1. The summed E-state index contributed by atoms with van der Waals surface area (Å²) < 4.78 is 0. The summed E-state index contributed by atoms with van der Waals surface area (Å²) in [5.41, 5.74) is 0.215. The zero-order valence-corrected chi connectivity index (χ0v) is 6.03. The van der Waals surface area contributed by atoms with E-state index in [-0.39, 0.29) is 17.9 Å². The summed E-state index contributed by atoms with van der Waals surface area (Å²) in [6, 6.07) is 0. The molecule has 0 aromatic carbocycles. The molecular weight excluding hydrogens is 160 g/mol. The van der Waals surface area contributed by atoms with Crippen molar-refractivity contribution < 1.29 is 15.0 Å². The second kappa shape index (κ2) is 3.55. The van der Waals surface area contributed by atoms with Gasteiger partial charge in [-0.1, -0.05) is 11.8 Å². The zero-order valence-electron chi connectivity index (χ0n) is 6.03. The Morgan fingerprint density at radius 3 is 3.08 bits per heavy atom. The maximum absolute atomic E-state index is 10.4. The van der Waals surface area contributed by atoms with E-state index in [1.807, 2.05) is 0 Å². The summed E-state index contributed by atoms with van der Waals surface area (Å²) >= 11 is 0. The number of nitrogens with zero attached hydrogens (tertiary/aromatic N) is 1. The van der Waals surface area contributed by atoms with Gasteiger partial charge in [-0.05, 0) is 0 Å². The standard InChI is InChI=1S/C7H6N2O3/c10-3-1-2-5-4-8-9-6(5)7(11)12/h4,10H,3H2,(H,8,9)(H,11,12). The number of aromatic amines is 1. The number of carboxylic acids is 1. The molecule has 0 atom stereocenters. The maximum Gasteiger partial charge on any atom is 0.355 e. The van der Waals surface area contributed by atoms with Gasteiger partial charge in [0.05, 0.1) is 11.8 Å². The Morgan fingerprint density at radius 1 is 1.75 bits per heavy atom. The van der Waals surface area contributed by atoms with E-state index in [0.29, 0.717) is 0 Å². The van der Waals surface area contributed by atoms with Crippen LogP contribution in [0.15, 0.2) is 6.20 Å². The van der Waals surface area contributed by atoms with Gasteiger partial charge in [0, 0.05) is 0 Å². The third-order valence-electron chi connectivity index (χ3n) is 1.16. The van der Waals surface area contributed by atoms with E-state index in [1.165, 1.54) is 6.20 Å². The van der Waals surface area contributed by atoms with Crippen molar-refractivity contribution in [2.24, 2.45) is 0 Å². The van der Waals surface area contributed by atoms with Crippen molar-refractivity contribution in [3.8, 4) is 11.8 Å². The van der Waals surface area contributed by atoms with Crippen LogP contribution < -0.4 is 0 Å². The number of aromatic nitrogens is 2. The minimum Gasteiger partial charge on any atom is -0.476 e. The van der Waals surface area contributed by atoms with Gasteiger partial charge in [-0.2, -0.15) is 5.10 Å². The number of aliphatic hydroxyl groups is 1. The van der Waals surface area contributed by atoms with Crippen LogP contribution in [0.2, 0.25) is 0 Å². The normalized spacial score (nSPS) is 8.75. The molecule has 0 aliphatic heterocycles. The van der Waals surface area contributed by atoms with Crippen LogP contribution in [0, 0.1) is 11.8 Å². The van der Waals surface area contributed by atoms with Crippen LogP contribution in [0.25, 0.3) is 0 Å². The fourth-order valence-electron chi connectivity index (χ4n) is 0.679. The molecule has 0 unspecified atom stereocenters. The zero-order chi connectivity index (χ0) is 8.97. The average molecular weight is 166 g/mol. The monoisotopic (exact) mass is 166 g/mol. The number of carboxylic acid groups (broad SMARTS) is 1. The first kappa shape index (κ1) is 8.30. The molecule has 1 aromatic heterocycles. The first-order valence-corrected chi connectivity index (χ1v) is 3.12. The van der Waals surface area contributed by atoms with E-state index in [1.54, 1.807) is 0 Å². The van der Waals surface area contributed by atoms with Gasteiger partial charge >= 0.3 is 5.97 Å². The quantitative estimate of drug-likeness (QED) is 0.488. The molecule has 5 heteroatoms. The fourth-order valence-corrected chi connectivity index (χ4v) is 0.679. The molecule has 0 spiro atoms. The SMILES string of the molecule is O=C(O)c1[nH]ncc1C#CCO. The number of carbonyl (C=O) groups is 1. The third kappa shape index (κ3) is 1.62. The molecule has 0 radical (unpaired) electrons. The van der Waals surface area contributed by atoms with Crippen molar-refractivity contribution in [3.05, 3.63) is 17.5 Å². The molecule has 0 saturated carbocycles. The van der Waals surface area contributed by atoms with Gasteiger partial charge < -0.3 is 10.2 Å². The van der Waals surface area contributed by atoms with Gasteiger partial charge in [0.2, 0.25) is 0 Å². The van der Waals surface area contributed by atoms with Crippen LogP contribution in [0.5, 0.6) is 0 Å². The van der Waals surface area contributed by atoms with Crippen LogP contribution in [0.3, 0.4) is 0 Å². The molecule has 12 heavy (non-hydrogen) atoms. The molecular formula is C7H6N2O3. The van der Waals surface area contributed by atoms with Gasteiger partial charge in [0.25, 0.3) is 0 Å². The lowest BCUT2D eigenvalue weighted by molar-refractivity contribution is 0.0690. The number of hydrogen-bond donors (Lipinski definition) is 3. The molecule has 3 N–H and O–H groups in total. The van der Waals surface area contributed by atoms with Crippen LogP contribution in [-0.4, -0.2) is 33.0 Å². The van der Waals surface area contributed by atoms with Crippen LogP contribution in [-0.2, 0) is 0 Å². The van der Waals surface area contributed by atoms with E-state index in [9.17, 15) is 4.79 Å². The first-order valence-electron chi connectivity index (χ1n) is 3.12. The number of hydrogen-bond acceptors (Lipinski definition) is 3. The van der Waals surface area contributed by atoms with Crippen LogP contribution >= 0.6 is 0 Å². The molecule has 0 bridgehead atoms. The second-order valence-electron chi connectivity index (χ2n) is 1.92. The summed E-state index contributed by atoms with van der Waals surface area (Å²) in [5, 5.41) is 22.7. The molecule has 62 valence electrons. The van der Waals surface area contributed by atoms with E-state index >= 15 is 0 Å². The van der Waals surface area contributed by atoms with E-state index < -0.39 is 5.97 Å². The number of rotatable bonds is 1. The number of aliphatic hydroxyl groups excluding tert-OH is 1. The molecule has 1 aromatic rings. The summed E-state index contributed by atoms with van der Waals surface area (Å²) in [6.45, 7) is -0.301. The Morgan fingerprint density at radius 2 is 2.50 bits per heavy atom. The molecule has 1 rings (SSSR count). The lowest BCUT2D eigenvalue weighted by Crippen LogP contribution is -1.99. The average Bonchev–Trinajstić information content (AvgIpc) is 2.48. The Balaban J connectivity index is 2.99. The highest BCUT2D eigenvalue weighted by Crippen LogP contribution is 2.01. The lowest BCUT2D eigenvalue weighted by atomic mass is 10.2. The molecule has 0 amide bonds. The Labute approximate surface area is 68.0 Å². The molecule has 5 nitrogen and oxygen atoms in total. The molecule has 0 aliphatic carbocycles. The van der Waals surface area contributed by atoms with Gasteiger partial charge in [0.15, 0.2) is 5.69 Å². The predicted molar refractivity (Wildman–Crippen MR) is 39.5 cm³/mol. The first-order chi connectivity index (χ1) is 5.75. The summed E-state index contributed by atoms with van der Waals surface area (Å²) in [6.07, 6.45) is 1.30. The maximum atomic E-state index is 10.4. The second-order valence-corrected chi connectivity index (χ2v) is 1.92. The minimum absolute atomic E-state index is 0.0593. The Bertz CT molecular complexity index is 345. The van der Waals surface area contributed by atoms with E-state index in [0.717, 1.165) is 0 Å². The summed E-state index contributed by atoms with van der Waals surface area (Å²) in [7, 11) is 0. The third-order valence-corrected chi connectivity index (χ3v) is 1.16. The van der Waals surface area contributed by atoms with E-state index in [4.69, 9.17) is 10.2 Å². The van der Waals surface area contributed by atoms with Crippen LogP contribution in [0.4, 0.5) is 0 Å². The highest BCUT2D eigenvalue weighted by atomic mass is 16.4. The molecule has 0 aliphatic rings. The van der Waals surface area contributed by atoms with Gasteiger partial charge in [0.1, 0.15) is 6.61 Å².